The van der Waals surface area contributed by atoms with Crippen LogP contribution in [0.4, 0.5) is 4.79 Å². The molecule has 0 bridgehead atoms. The van der Waals surface area contributed by atoms with Gasteiger partial charge < -0.3 is 25.4 Å². The second-order valence-corrected chi connectivity index (χ2v) is 11.0. The van der Waals surface area contributed by atoms with Crippen molar-refractivity contribution in [3.63, 3.8) is 0 Å². The number of carbonyl (C=O) groups excluding carboxylic acids is 2. The number of ether oxygens (including phenoxy) is 2. The van der Waals surface area contributed by atoms with Crippen molar-refractivity contribution in [2.45, 2.75) is 78.0 Å². The quantitative estimate of drug-likeness (QED) is 0.471. The van der Waals surface area contributed by atoms with Crippen molar-refractivity contribution in [2.24, 2.45) is 11.7 Å². The molecule has 1 fully saturated rings. The number of hydrogen-bond acceptors (Lipinski definition) is 5. The number of benzene rings is 2. The number of nitrogens with one attached hydrogen (secondary N) is 1. The lowest BCUT2D eigenvalue weighted by molar-refractivity contribution is -0.122. The summed E-state index contributed by atoms with van der Waals surface area (Å²) in [5, 5.41) is 2.97. The number of rotatable bonds is 10. The van der Waals surface area contributed by atoms with Gasteiger partial charge in [0.1, 0.15) is 11.4 Å². The van der Waals surface area contributed by atoms with Crippen molar-refractivity contribution in [1.82, 2.24) is 10.2 Å². The minimum absolute atomic E-state index is 0.145. The molecule has 0 saturated carbocycles. The molecule has 3 rings (SSSR count). The number of aryl methyl sites for hydroxylation is 2. The van der Waals surface area contributed by atoms with E-state index in [9.17, 15) is 9.59 Å². The standard InChI is InChI=1S/C30H43N3O4/c1-22-12-14-26(36-18-16-24-11-8-17-33(21-24)29(35)37-30(2,3)4)19-25(22)20-32-28(34)27(31)15-13-23-9-6-5-7-10-23/h5-7,9-10,12,14,19,24,27H,8,11,13,15-18,20-21,31H2,1-4H3,(H,32,34)/t24?,27-/m0/s1. The minimum atomic E-state index is -0.546. The zero-order valence-electron chi connectivity index (χ0n) is 22.8. The zero-order valence-corrected chi connectivity index (χ0v) is 22.8. The predicted molar refractivity (Wildman–Crippen MR) is 146 cm³/mol. The zero-order chi connectivity index (χ0) is 26.8. The summed E-state index contributed by atoms with van der Waals surface area (Å²) in [6.45, 7) is 10.1. The van der Waals surface area contributed by atoms with Crippen LogP contribution in [0.3, 0.4) is 0 Å². The normalized spacial score (nSPS) is 16.7. The average molecular weight is 510 g/mol. The van der Waals surface area contributed by atoms with Gasteiger partial charge in [-0.15, -0.1) is 0 Å². The molecule has 2 aromatic carbocycles. The molecule has 7 heteroatoms. The highest BCUT2D eigenvalue weighted by atomic mass is 16.6. The highest BCUT2D eigenvalue weighted by molar-refractivity contribution is 5.81. The van der Waals surface area contributed by atoms with Crippen LogP contribution in [0.25, 0.3) is 0 Å². The van der Waals surface area contributed by atoms with E-state index in [0.29, 0.717) is 32.0 Å². The second kappa shape index (κ2) is 13.5. The Hall–Kier alpha value is -3.06. The molecule has 1 aliphatic rings. The number of amides is 2. The third-order valence-corrected chi connectivity index (χ3v) is 6.66. The molecule has 0 radical (unpaired) electrons. The van der Waals surface area contributed by atoms with E-state index < -0.39 is 11.6 Å². The van der Waals surface area contributed by atoms with Crippen LogP contribution in [0.2, 0.25) is 0 Å². The van der Waals surface area contributed by atoms with E-state index >= 15 is 0 Å². The van der Waals surface area contributed by atoms with Gasteiger partial charge in [-0.3, -0.25) is 4.79 Å². The van der Waals surface area contributed by atoms with Crippen LogP contribution in [0.1, 0.15) is 63.1 Å². The van der Waals surface area contributed by atoms with Gasteiger partial charge in [-0.05, 0) is 94.5 Å². The SMILES string of the molecule is Cc1ccc(OCCC2CCCN(C(=O)OC(C)(C)C)C2)cc1CNC(=O)[C@@H](N)CCc1ccccc1. The third kappa shape index (κ3) is 9.73. The Morgan fingerprint density at radius 3 is 2.65 bits per heavy atom. The van der Waals surface area contributed by atoms with Gasteiger partial charge in [-0.1, -0.05) is 36.4 Å². The number of nitrogens with zero attached hydrogens (tertiary/aromatic N) is 1. The van der Waals surface area contributed by atoms with Crippen LogP contribution in [-0.2, 0) is 22.5 Å². The second-order valence-electron chi connectivity index (χ2n) is 11.0. The smallest absolute Gasteiger partial charge is 0.410 e. The van der Waals surface area contributed by atoms with Crippen molar-refractivity contribution in [2.75, 3.05) is 19.7 Å². The van der Waals surface area contributed by atoms with Gasteiger partial charge >= 0.3 is 6.09 Å². The molecule has 2 amide bonds. The maximum Gasteiger partial charge on any atom is 0.410 e. The Balaban J connectivity index is 1.43. The molecule has 202 valence electrons. The number of nitrogens with two attached hydrogens (primary N) is 1. The summed E-state index contributed by atoms with van der Waals surface area (Å²) in [5.41, 5.74) is 8.92. The van der Waals surface area contributed by atoms with Crippen LogP contribution >= 0.6 is 0 Å². The van der Waals surface area contributed by atoms with Crippen molar-refractivity contribution in [1.29, 1.82) is 0 Å². The van der Waals surface area contributed by atoms with Gasteiger partial charge in [0.15, 0.2) is 0 Å². The van der Waals surface area contributed by atoms with Gasteiger partial charge in [0.05, 0.1) is 12.6 Å². The molecule has 0 aliphatic carbocycles. The van der Waals surface area contributed by atoms with Gasteiger partial charge in [-0.25, -0.2) is 4.79 Å². The Labute approximate surface area is 221 Å². The van der Waals surface area contributed by atoms with E-state index in [-0.39, 0.29) is 12.0 Å². The fraction of sp³-hybridized carbons (Fsp3) is 0.533. The van der Waals surface area contributed by atoms with Crippen LogP contribution in [0, 0.1) is 12.8 Å². The summed E-state index contributed by atoms with van der Waals surface area (Å²) in [6, 6.07) is 15.5. The first-order valence-electron chi connectivity index (χ1n) is 13.4. The molecule has 3 N–H and O–H groups in total. The molecule has 1 aliphatic heterocycles. The first-order valence-corrected chi connectivity index (χ1v) is 13.4. The molecule has 2 aromatic rings. The van der Waals surface area contributed by atoms with Crippen molar-refractivity contribution >= 4 is 12.0 Å². The Morgan fingerprint density at radius 1 is 1.16 bits per heavy atom. The fourth-order valence-electron chi connectivity index (χ4n) is 4.48. The number of likely N-dealkylation sites (tertiary alicyclic amines) is 1. The van der Waals surface area contributed by atoms with E-state index in [0.717, 1.165) is 49.1 Å². The van der Waals surface area contributed by atoms with Crippen molar-refractivity contribution < 1.29 is 19.1 Å². The summed E-state index contributed by atoms with van der Waals surface area (Å²) in [5.74, 6) is 1.03. The van der Waals surface area contributed by atoms with E-state index in [1.54, 1.807) is 0 Å². The first kappa shape index (κ1) is 28.5. The highest BCUT2D eigenvalue weighted by Gasteiger charge is 2.27. The molecule has 1 heterocycles. The van der Waals surface area contributed by atoms with Gasteiger partial charge in [0.25, 0.3) is 0 Å². The van der Waals surface area contributed by atoms with E-state index in [4.69, 9.17) is 15.2 Å². The summed E-state index contributed by atoms with van der Waals surface area (Å²) in [6.07, 6.45) is 4.07. The Bertz CT molecular complexity index is 1020. The Kier molecular flexibility index (Phi) is 10.4. The maximum absolute atomic E-state index is 12.5. The van der Waals surface area contributed by atoms with Crippen LogP contribution in [0.5, 0.6) is 5.75 Å². The Morgan fingerprint density at radius 2 is 1.92 bits per heavy atom. The monoisotopic (exact) mass is 509 g/mol. The highest BCUT2D eigenvalue weighted by Crippen LogP contribution is 2.23. The lowest BCUT2D eigenvalue weighted by Gasteiger charge is -2.34. The van der Waals surface area contributed by atoms with Gasteiger partial charge in [-0.2, -0.15) is 0 Å². The third-order valence-electron chi connectivity index (χ3n) is 6.66. The van der Waals surface area contributed by atoms with Crippen molar-refractivity contribution in [3.8, 4) is 5.75 Å². The van der Waals surface area contributed by atoms with Crippen LogP contribution in [0.15, 0.2) is 48.5 Å². The molecule has 37 heavy (non-hydrogen) atoms. The maximum atomic E-state index is 12.5. The molecular formula is C30H43N3O4. The van der Waals surface area contributed by atoms with Crippen molar-refractivity contribution in [3.05, 3.63) is 65.2 Å². The number of hydrogen-bond donors (Lipinski definition) is 2. The summed E-state index contributed by atoms with van der Waals surface area (Å²) in [7, 11) is 0. The average Bonchev–Trinajstić information content (AvgIpc) is 2.87. The lowest BCUT2D eigenvalue weighted by Crippen LogP contribution is -2.43. The number of piperidine rings is 1. The van der Waals surface area contributed by atoms with E-state index in [1.807, 2.05) is 81.1 Å². The van der Waals surface area contributed by atoms with E-state index in [1.165, 1.54) is 5.56 Å². The molecule has 7 nitrogen and oxygen atoms in total. The fourth-order valence-corrected chi connectivity index (χ4v) is 4.48. The van der Waals surface area contributed by atoms with Crippen LogP contribution < -0.4 is 15.8 Å². The minimum Gasteiger partial charge on any atom is -0.494 e. The first-order chi connectivity index (χ1) is 17.6. The molecule has 0 spiro atoms. The molecular weight excluding hydrogens is 466 g/mol. The molecule has 2 atom stereocenters. The molecule has 1 unspecified atom stereocenters. The van der Waals surface area contributed by atoms with Gasteiger partial charge in [0.2, 0.25) is 5.91 Å². The van der Waals surface area contributed by atoms with Crippen LogP contribution in [-0.4, -0.2) is 48.2 Å². The lowest BCUT2D eigenvalue weighted by atomic mass is 9.95. The summed E-state index contributed by atoms with van der Waals surface area (Å²) in [4.78, 5) is 26.8. The molecule has 0 aromatic heterocycles. The van der Waals surface area contributed by atoms with Gasteiger partial charge in [0, 0.05) is 19.6 Å². The summed E-state index contributed by atoms with van der Waals surface area (Å²) < 4.78 is 11.6. The predicted octanol–water partition coefficient (Wildman–Crippen LogP) is 4.99. The van der Waals surface area contributed by atoms with E-state index in [2.05, 4.69) is 5.32 Å². The molecule has 1 saturated heterocycles. The number of carbonyl (C=O) groups is 2. The largest absolute Gasteiger partial charge is 0.494 e. The topological polar surface area (TPSA) is 93.9 Å². The summed E-state index contributed by atoms with van der Waals surface area (Å²) >= 11 is 0.